The predicted molar refractivity (Wildman–Crippen MR) is 95.1 cm³/mol. The van der Waals surface area contributed by atoms with E-state index in [9.17, 15) is 9.59 Å². The van der Waals surface area contributed by atoms with Crippen LogP contribution in [0.4, 0.5) is 0 Å². The fraction of sp³-hybridized carbons (Fsp3) is 0.0588. The number of aromatic nitrogens is 2. The molecule has 0 saturated carbocycles. The number of carbonyl (C=O) groups excluding carboxylic acids is 2. The Labute approximate surface area is 155 Å². The number of halogens is 2. The summed E-state index contributed by atoms with van der Waals surface area (Å²) in [5.74, 6) is -0.967. The smallest absolute Gasteiger partial charge is 0.379 e. The van der Waals surface area contributed by atoms with Gasteiger partial charge in [-0.15, -0.1) is 0 Å². The Morgan fingerprint density at radius 2 is 1.84 bits per heavy atom. The normalized spacial score (nSPS) is 10.5. The quantitative estimate of drug-likeness (QED) is 0.272. The lowest BCUT2D eigenvalue weighted by Crippen LogP contribution is -2.16. The second-order valence-electron chi connectivity index (χ2n) is 4.87. The van der Waals surface area contributed by atoms with E-state index in [1.54, 1.807) is 30.3 Å². The molecule has 0 bridgehead atoms. The van der Waals surface area contributed by atoms with Crippen molar-refractivity contribution in [1.29, 1.82) is 0 Å². The van der Waals surface area contributed by atoms with Crippen molar-refractivity contribution in [3.63, 3.8) is 0 Å². The Bertz CT molecular complexity index is 994. The number of nitrogens with zero attached hydrogens (tertiary/aromatic N) is 2. The summed E-state index contributed by atoms with van der Waals surface area (Å²) in [6.45, 7) is 0. The molecule has 3 aromatic rings. The molecule has 6 nitrogen and oxygen atoms in total. The van der Waals surface area contributed by atoms with Crippen molar-refractivity contribution in [2.45, 2.75) is 0 Å². The number of esters is 1. The topological polar surface area (TPSA) is 78.4 Å². The maximum atomic E-state index is 12.2. The van der Waals surface area contributed by atoms with Crippen LogP contribution in [-0.4, -0.2) is 28.8 Å². The van der Waals surface area contributed by atoms with Gasteiger partial charge in [0.1, 0.15) is 5.75 Å². The number of methoxy groups -OCH3 is 1. The summed E-state index contributed by atoms with van der Waals surface area (Å²) in [4.78, 5) is 31.6. The first-order chi connectivity index (χ1) is 12.0. The van der Waals surface area contributed by atoms with Crippen LogP contribution in [0.25, 0.3) is 10.8 Å². The molecule has 0 aliphatic heterocycles. The molecule has 0 amide bonds. The van der Waals surface area contributed by atoms with E-state index in [0.29, 0.717) is 21.0 Å². The fourth-order valence-corrected chi connectivity index (χ4v) is 2.67. The molecule has 25 heavy (non-hydrogen) atoms. The molecule has 0 atom stereocenters. The van der Waals surface area contributed by atoms with E-state index in [4.69, 9.17) is 16.3 Å². The molecule has 1 heterocycles. The predicted octanol–water partition coefficient (Wildman–Crippen LogP) is 4.19. The minimum absolute atomic E-state index is 0.0417. The van der Waals surface area contributed by atoms with Crippen LogP contribution in [-0.2, 0) is 9.53 Å². The first-order valence-electron chi connectivity index (χ1n) is 7.01. The lowest BCUT2D eigenvalue weighted by molar-refractivity contribution is -0.135. The van der Waals surface area contributed by atoms with Crippen LogP contribution in [0.1, 0.15) is 10.4 Å². The van der Waals surface area contributed by atoms with Gasteiger partial charge in [-0.1, -0.05) is 24.3 Å². The SMILES string of the molecule is COC(=O)C(=O)c1ccc(Oc2nc(Cl)ncc2Br)c2ccccc12. The van der Waals surface area contributed by atoms with Gasteiger partial charge in [0, 0.05) is 17.1 Å². The van der Waals surface area contributed by atoms with E-state index < -0.39 is 11.8 Å². The summed E-state index contributed by atoms with van der Waals surface area (Å²) in [5.41, 5.74) is 0.231. The van der Waals surface area contributed by atoms with E-state index >= 15 is 0 Å². The molecule has 126 valence electrons. The van der Waals surface area contributed by atoms with Crippen LogP contribution in [0.15, 0.2) is 47.1 Å². The zero-order valence-electron chi connectivity index (χ0n) is 12.8. The second-order valence-corrected chi connectivity index (χ2v) is 6.06. The Balaban J connectivity index is 2.11. The van der Waals surface area contributed by atoms with Gasteiger partial charge in [0.25, 0.3) is 5.78 Å². The Kier molecular flexibility index (Phi) is 4.96. The summed E-state index contributed by atoms with van der Waals surface area (Å²) in [5, 5.41) is 1.24. The van der Waals surface area contributed by atoms with Crippen molar-refractivity contribution >= 4 is 50.1 Å². The standard InChI is InChI=1S/C17H10BrClN2O4/c1-24-16(23)14(22)11-6-7-13(10-5-3-2-4-9(10)11)25-15-12(18)8-20-17(19)21-15/h2-8H,1H3. The average molecular weight is 422 g/mol. The van der Waals surface area contributed by atoms with Crippen LogP contribution in [0.3, 0.4) is 0 Å². The van der Waals surface area contributed by atoms with E-state index in [2.05, 4.69) is 30.6 Å². The van der Waals surface area contributed by atoms with Gasteiger partial charge in [-0.2, -0.15) is 4.98 Å². The van der Waals surface area contributed by atoms with Gasteiger partial charge in [0.2, 0.25) is 11.2 Å². The fourth-order valence-electron chi connectivity index (χ4n) is 2.27. The van der Waals surface area contributed by atoms with Gasteiger partial charge in [0.15, 0.2) is 0 Å². The maximum absolute atomic E-state index is 12.2. The molecule has 1 aromatic heterocycles. The summed E-state index contributed by atoms with van der Waals surface area (Å²) >= 11 is 9.09. The zero-order valence-corrected chi connectivity index (χ0v) is 15.2. The largest absolute Gasteiger partial charge is 0.463 e. The van der Waals surface area contributed by atoms with Crippen LogP contribution >= 0.6 is 27.5 Å². The number of benzene rings is 2. The number of hydrogen-bond donors (Lipinski definition) is 0. The summed E-state index contributed by atoms with van der Waals surface area (Å²) in [7, 11) is 1.16. The number of ether oxygens (including phenoxy) is 2. The van der Waals surface area contributed by atoms with E-state index in [-0.39, 0.29) is 16.7 Å². The molecular formula is C17H10BrClN2O4. The van der Waals surface area contributed by atoms with Crippen molar-refractivity contribution in [2.24, 2.45) is 0 Å². The van der Waals surface area contributed by atoms with E-state index in [1.807, 2.05) is 0 Å². The molecule has 8 heteroatoms. The molecule has 0 saturated heterocycles. The molecule has 0 unspecified atom stereocenters. The first-order valence-corrected chi connectivity index (χ1v) is 8.18. The molecule has 0 radical (unpaired) electrons. The highest BCUT2D eigenvalue weighted by Gasteiger charge is 2.21. The average Bonchev–Trinajstić information content (AvgIpc) is 2.63. The number of hydrogen-bond acceptors (Lipinski definition) is 6. The monoisotopic (exact) mass is 420 g/mol. The van der Waals surface area contributed by atoms with Crippen LogP contribution < -0.4 is 4.74 Å². The van der Waals surface area contributed by atoms with Gasteiger partial charge in [-0.3, -0.25) is 4.79 Å². The van der Waals surface area contributed by atoms with Crippen LogP contribution in [0.2, 0.25) is 5.28 Å². The molecule has 3 rings (SSSR count). The van der Waals surface area contributed by atoms with E-state index in [1.165, 1.54) is 12.3 Å². The third-order valence-corrected chi connectivity index (χ3v) is 4.11. The van der Waals surface area contributed by atoms with Crippen molar-refractivity contribution < 1.29 is 19.1 Å². The number of rotatable bonds is 4. The van der Waals surface area contributed by atoms with Gasteiger partial charge in [0.05, 0.1) is 11.6 Å². The molecule has 0 N–H and O–H groups in total. The first kappa shape index (κ1) is 17.3. The molecule has 0 fully saturated rings. The molecular weight excluding hydrogens is 412 g/mol. The van der Waals surface area contributed by atoms with E-state index in [0.717, 1.165) is 7.11 Å². The molecule has 2 aromatic carbocycles. The Hall–Kier alpha value is -2.51. The highest BCUT2D eigenvalue weighted by molar-refractivity contribution is 9.10. The van der Waals surface area contributed by atoms with Gasteiger partial charge < -0.3 is 9.47 Å². The third-order valence-electron chi connectivity index (χ3n) is 3.39. The second kappa shape index (κ2) is 7.16. The number of ketones is 1. The lowest BCUT2D eigenvalue weighted by atomic mass is 10.0. The van der Waals surface area contributed by atoms with Crippen molar-refractivity contribution in [2.75, 3.05) is 7.11 Å². The summed E-state index contributed by atoms with van der Waals surface area (Å²) in [6, 6.07) is 10.1. The van der Waals surface area contributed by atoms with Gasteiger partial charge in [-0.25, -0.2) is 9.78 Å². The summed E-state index contributed by atoms with van der Waals surface area (Å²) in [6.07, 6.45) is 1.47. The maximum Gasteiger partial charge on any atom is 0.379 e. The van der Waals surface area contributed by atoms with Crippen molar-refractivity contribution in [3.05, 3.63) is 57.9 Å². The molecule has 0 aliphatic carbocycles. The van der Waals surface area contributed by atoms with Crippen molar-refractivity contribution in [3.8, 4) is 11.6 Å². The zero-order chi connectivity index (χ0) is 18.0. The molecule has 0 spiro atoms. The lowest BCUT2D eigenvalue weighted by Gasteiger charge is -2.11. The van der Waals surface area contributed by atoms with Crippen LogP contribution in [0, 0.1) is 0 Å². The Morgan fingerprint density at radius 3 is 2.56 bits per heavy atom. The molecule has 0 aliphatic rings. The minimum Gasteiger partial charge on any atom is -0.463 e. The number of Topliss-reactive ketones (excluding diaryl/α,β-unsaturated/α-hetero) is 1. The van der Waals surface area contributed by atoms with Gasteiger partial charge in [-0.05, 0) is 45.0 Å². The Morgan fingerprint density at radius 1 is 1.12 bits per heavy atom. The number of fused-ring (bicyclic) bond motifs is 1. The van der Waals surface area contributed by atoms with Crippen LogP contribution in [0.5, 0.6) is 11.6 Å². The van der Waals surface area contributed by atoms with Gasteiger partial charge >= 0.3 is 5.97 Å². The highest BCUT2D eigenvalue weighted by Crippen LogP contribution is 2.34. The summed E-state index contributed by atoms with van der Waals surface area (Å²) < 4.78 is 10.9. The number of carbonyl (C=O) groups is 2. The highest BCUT2D eigenvalue weighted by atomic mass is 79.9. The van der Waals surface area contributed by atoms with Crippen molar-refractivity contribution in [1.82, 2.24) is 9.97 Å². The third kappa shape index (κ3) is 3.47. The minimum atomic E-state index is -0.927.